The van der Waals surface area contributed by atoms with Crippen LogP contribution in [0.2, 0.25) is 0 Å². The zero-order chi connectivity index (χ0) is 19.5. The molecule has 0 N–H and O–H groups in total. The summed E-state index contributed by atoms with van der Waals surface area (Å²) in [6, 6.07) is 7.94. The molecule has 0 saturated carbocycles. The van der Waals surface area contributed by atoms with E-state index in [1.54, 1.807) is 9.80 Å². The predicted molar refractivity (Wildman–Crippen MR) is 116 cm³/mol. The van der Waals surface area contributed by atoms with Gasteiger partial charge in [-0.2, -0.15) is 0 Å². The van der Waals surface area contributed by atoms with Gasteiger partial charge in [-0.15, -0.1) is 11.3 Å². The van der Waals surface area contributed by atoms with E-state index in [-0.39, 0.29) is 23.8 Å². The van der Waals surface area contributed by atoms with Gasteiger partial charge in [-0.05, 0) is 25.0 Å². The molecule has 2 aromatic rings. The number of aromatic nitrogens is 1. The number of carbonyl (C=O) groups is 2. The van der Waals surface area contributed by atoms with E-state index in [4.69, 9.17) is 9.72 Å². The fourth-order valence-corrected chi connectivity index (χ4v) is 5.19. The standard InChI is InChI=1S/C19H20BrN3O3S2/c20-14-5-3-13(4-6-14)16-12-28-18(21-16)23(10-15-2-1-8-26-15)17(24)11-22-7-9-27-19(22)25/h3-6,12,15H,1-2,7-11H2. The largest absolute Gasteiger partial charge is 0.376 e. The van der Waals surface area contributed by atoms with Gasteiger partial charge < -0.3 is 9.64 Å². The fourth-order valence-electron chi connectivity index (χ4n) is 3.24. The van der Waals surface area contributed by atoms with Crippen LogP contribution in [0, 0.1) is 0 Å². The van der Waals surface area contributed by atoms with Crippen molar-refractivity contribution in [2.75, 3.05) is 36.9 Å². The van der Waals surface area contributed by atoms with E-state index in [1.807, 2.05) is 29.6 Å². The van der Waals surface area contributed by atoms with Crippen molar-refractivity contribution in [3.05, 3.63) is 34.1 Å². The summed E-state index contributed by atoms with van der Waals surface area (Å²) in [6.45, 7) is 1.91. The van der Waals surface area contributed by atoms with Crippen molar-refractivity contribution in [2.24, 2.45) is 0 Å². The van der Waals surface area contributed by atoms with E-state index in [0.717, 1.165) is 40.9 Å². The second-order valence-electron chi connectivity index (χ2n) is 6.70. The van der Waals surface area contributed by atoms with Gasteiger partial charge in [-0.25, -0.2) is 4.98 Å². The molecule has 2 aliphatic heterocycles. The number of ether oxygens (including phenoxy) is 1. The molecule has 148 valence electrons. The van der Waals surface area contributed by atoms with Crippen LogP contribution in [0.4, 0.5) is 9.93 Å². The second kappa shape index (κ2) is 8.94. The molecule has 1 aromatic heterocycles. The molecule has 6 nitrogen and oxygen atoms in total. The van der Waals surface area contributed by atoms with Gasteiger partial charge in [0.2, 0.25) is 5.91 Å². The average molecular weight is 482 g/mol. The third kappa shape index (κ3) is 4.59. The molecular weight excluding hydrogens is 462 g/mol. The summed E-state index contributed by atoms with van der Waals surface area (Å²) in [5, 5.41) is 2.59. The molecule has 0 bridgehead atoms. The van der Waals surface area contributed by atoms with E-state index < -0.39 is 0 Å². The number of thioether (sulfide) groups is 1. The van der Waals surface area contributed by atoms with Crippen LogP contribution in [0.5, 0.6) is 0 Å². The third-order valence-electron chi connectivity index (χ3n) is 4.75. The topological polar surface area (TPSA) is 62.7 Å². The van der Waals surface area contributed by atoms with Gasteiger partial charge in [0.25, 0.3) is 5.24 Å². The van der Waals surface area contributed by atoms with Gasteiger partial charge >= 0.3 is 0 Å². The number of halogens is 1. The van der Waals surface area contributed by atoms with Gasteiger partial charge in [0, 0.05) is 34.3 Å². The lowest BCUT2D eigenvalue weighted by molar-refractivity contribution is -0.119. The van der Waals surface area contributed by atoms with Gasteiger partial charge in [0.15, 0.2) is 5.13 Å². The smallest absolute Gasteiger partial charge is 0.282 e. The summed E-state index contributed by atoms with van der Waals surface area (Å²) in [6.07, 6.45) is 1.97. The Morgan fingerprint density at radius 3 is 2.86 bits per heavy atom. The molecule has 1 atom stereocenters. The molecule has 0 spiro atoms. The number of hydrogen-bond donors (Lipinski definition) is 0. The predicted octanol–water partition coefficient (Wildman–Crippen LogP) is 4.25. The van der Waals surface area contributed by atoms with Gasteiger partial charge in [-0.1, -0.05) is 39.8 Å². The molecule has 2 aliphatic rings. The number of rotatable bonds is 6. The minimum absolute atomic E-state index is 0.0210. The molecule has 1 unspecified atom stereocenters. The maximum atomic E-state index is 13.1. The lowest BCUT2D eigenvalue weighted by atomic mass is 10.2. The summed E-state index contributed by atoms with van der Waals surface area (Å²) < 4.78 is 6.75. The highest BCUT2D eigenvalue weighted by Crippen LogP contribution is 2.30. The monoisotopic (exact) mass is 481 g/mol. The molecule has 2 saturated heterocycles. The molecule has 2 fully saturated rings. The summed E-state index contributed by atoms with van der Waals surface area (Å²) in [7, 11) is 0. The van der Waals surface area contributed by atoms with Crippen LogP contribution >= 0.6 is 39.0 Å². The number of thiazole rings is 1. The first kappa shape index (κ1) is 19.9. The highest BCUT2D eigenvalue weighted by Gasteiger charge is 2.30. The molecule has 4 rings (SSSR count). The zero-order valence-corrected chi connectivity index (χ0v) is 18.4. The summed E-state index contributed by atoms with van der Waals surface area (Å²) in [5.74, 6) is 0.631. The van der Waals surface area contributed by atoms with E-state index in [1.165, 1.54) is 23.1 Å². The van der Waals surface area contributed by atoms with Crippen LogP contribution in [0.15, 0.2) is 34.1 Å². The number of hydrogen-bond acceptors (Lipinski definition) is 6. The number of amides is 2. The minimum atomic E-state index is -0.108. The van der Waals surface area contributed by atoms with Gasteiger partial charge in [0.05, 0.1) is 18.3 Å². The number of anilines is 1. The Morgan fingerprint density at radius 1 is 1.36 bits per heavy atom. The van der Waals surface area contributed by atoms with Crippen LogP contribution in [0.3, 0.4) is 0 Å². The summed E-state index contributed by atoms with van der Waals surface area (Å²) >= 11 is 6.15. The Hall–Kier alpha value is -1.42. The van der Waals surface area contributed by atoms with Crippen molar-refractivity contribution < 1.29 is 14.3 Å². The van der Waals surface area contributed by atoms with E-state index in [0.29, 0.717) is 18.2 Å². The minimum Gasteiger partial charge on any atom is -0.376 e. The molecule has 9 heteroatoms. The zero-order valence-electron chi connectivity index (χ0n) is 15.2. The molecule has 0 aliphatic carbocycles. The summed E-state index contributed by atoms with van der Waals surface area (Å²) in [5.41, 5.74) is 1.84. The van der Waals surface area contributed by atoms with Crippen molar-refractivity contribution >= 4 is 55.3 Å². The lowest BCUT2D eigenvalue weighted by Gasteiger charge is -2.25. The van der Waals surface area contributed by atoms with Crippen LogP contribution in [-0.4, -0.2) is 59.1 Å². The molecular formula is C19H20BrN3O3S2. The van der Waals surface area contributed by atoms with Crippen molar-refractivity contribution in [2.45, 2.75) is 18.9 Å². The quantitative estimate of drug-likeness (QED) is 0.616. The number of nitrogens with zero attached hydrogens (tertiary/aromatic N) is 3. The Morgan fingerprint density at radius 2 is 2.18 bits per heavy atom. The Kier molecular flexibility index (Phi) is 6.35. The van der Waals surface area contributed by atoms with Crippen molar-refractivity contribution in [3.8, 4) is 11.3 Å². The van der Waals surface area contributed by atoms with Crippen molar-refractivity contribution in [1.29, 1.82) is 0 Å². The third-order valence-corrected chi connectivity index (χ3v) is 7.03. The molecule has 2 amide bonds. The number of carbonyl (C=O) groups excluding carboxylic acids is 2. The highest BCUT2D eigenvalue weighted by atomic mass is 79.9. The number of benzene rings is 1. The average Bonchev–Trinajstić information content (AvgIpc) is 3.43. The van der Waals surface area contributed by atoms with Gasteiger partial charge in [-0.3, -0.25) is 14.5 Å². The Balaban J connectivity index is 1.55. The van der Waals surface area contributed by atoms with E-state index in [2.05, 4.69) is 15.9 Å². The first-order chi connectivity index (χ1) is 13.6. The Bertz CT molecular complexity index is 852. The maximum Gasteiger partial charge on any atom is 0.282 e. The highest BCUT2D eigenvalue weighted by molar-refractivity contribution is 9.10. The fraction of sp³-hybridized carbons (Fsp3) is 0.421. The first-order valence-electron chi connectivity index (χ1n) is 9.15. The van der Waals surface area contributed by atoms with E-state index >= 15 is 0 Å². The maximum absolute atomic E-state index is 13.1. The van der Waals surface area contributed by atoms with Gasteiger partial charge in [0.1, 0.15) is 6.54 Å². The second-order valence-corrected chi connectivity index (χ2v) is 9.50. The molecule has 1 aromatic carbocycles. The summed E-state index contributed by atoms with van der Waals surface area (Å²) in [4.78, 5) is 33.0. The molecule has 0 radical (unpaired) electrons. The van der Waals surface area contributed by atoms with Crippen LogP contribution in [0.1, 0.15) is 12.8 Å². The van der Waals surface area contributed by atoms with Crippen molar-refractivity contribution in [1.82, 2.24) is 9.88 Å². The van der Waals surface area contributed by atoms with Crippen LogP contribution in [0.25, 0.3) is 11.3 Å². The molecule has 3 heterocycles. The van der Waals surface area contributed by atoms with Crippen molar-refractivity contribution in [3.63, 3.8) is 0 Å². The SMILES string of the molecule is O=C1SCCN1CC(=O)N(CC1CCCO1)c1nc(-c2ccc(Br)cc2)cs1. The van der Waals surface area contributed by atoms with Crippen LogP contribution < -0.4 is 4.90 Å². The lowest BCUT2D eigenvalue weighted by Crippen LogP contribution is -2.43. The Labute approximate surface area is 180 Å². The molecule has 28 heavy (non-hydrogen) atoms. The first-order valence-corrected chi connectivity index (χ1v) is 11.8. The normalized spacial score (nSPS) is 19.4. The van der Waals surface area contributed by atoms with E-state index in [9.17, 15) is 9.59 Å². The van der Waals surface area contributed by atoms with Crippen LogP contribution in [-0.2, 0) is 9.53 Å².